The molecule has 1 amide bonds. The topological polar surface area (TPSA) is 99.3 Å². The lowest BCUT2D eigenvalue weighted by atomic mass is 9.96. The van der Waals surface area contributed by atoms with Crippen molar-refractivity contribution in [2.24, 2.45) is 0 Å². The van der Waals surface area contributed by atoms with Crippen LogP contribution in [0.15, 0.2) is 29.4 Å². The number of carbonyl (C=O) groups excluding carboxylic acids is 1. The highest BCUT2D eigenvalue weighted by molar-refractivity contribution is 7.89. The molecule has 1 aromatic carbocycles. The maximum absolute atomic E-state index is 13.3. The highest BCUT2D eigenvalue weighted by Gasteiger charge is 2.30. The molecule has 3 heterocycles. The Morgan fingerprint density at radius 1 is 1.14 bits per heavy atom. The van der Waals surface area contributed by atoms with Crippen molar-refractivity contribution in [2.45, 2.75) is 49.8 Å². The lowest BCUT2D eigenvalue weighted by molar-refractivity contribution is 0.0703. The molecule has 1 atom stereocenters. The molecule has 1 N–H and O–H groups in total. The van der Waals surface area contributed by atoms with Crippen molar-refractivity contribution >= 4 is 15.9 Å². The molecular formula is C20H27N5O3S. The molecule has 1 unspecified atom stereocenters. The summed E-state index contributed by atoms with van der Waals surface area (Å²) in [6.07, 6.45) is 6.13. The number of hydrogen-bond donors (Lipinski definition) is 1. The number of aromatic nitrogens is 3. The number of nitrogens with zero attached hydrogens (tertiary/aromatic N) is 4. The minimum Gasteiger partial charge on any atom is -0.338 e. The van der Waals surface area contributed by atoms with Crippen molar-refractivity contribution < 1.29 is 13.2 Å². The maximum atomic E-state index is 13.3. The number of hydrogen-bond acceptors (Lipinski definition) is 5. The van der Waals surface area contributed by atoms with Crippen LogP contribution in [-0.4, -0.2) is 64.9 Å². The Hall–Kier alpha value is -2.26. The van der Waals surface area contributed by atoms with E-state index in [9.17, 15) is 13.2 Å². The summed E-state index contributed by atoms with van der Waals surface area (Å²) in [5.74, 6) is 0.791. The summed E-state index contributed by atoms with van der Waals surface area (Å²) in [5.41, 5.74) is 1.25. The zero-order valence-electron chi connectivity index (χ0n) is 16.7. The van der Waals surface area contributed by atoms with Crippen LogP contribution in [-0.2, 0) is 10.0 Å². The molecule has 2 aliphatic heterocycles. The third-order valence-electron chi connectivity index (χ3n) is 5.92. The van der Waals surface area contributed by atoms with Crippen LogP contribution >= 0.6 is 0 Å². The standard InChI is InChI=1S/C20H27N5O3S/c1-15-7-8-17(29(27,28)25-10-3-2-4-11-25)12-18(15)20(26)24-9-5-6-16(13-24)19-21-14-22-23-19/h7-8,12,14,16H,2-6,9-11,13H2,1H3,(H,21,22,23). The van der Waals surface area contributed by atoms with Crippen molar-refractivity contribution in [2.75, 3.05) is 26.2 Å². The van der Waals surface area contributed by atoms with E-state index in [2.05, 4.69) is 15.2 Å². The van der Waals surface area contributed by atoms with Gasteiger partial charge in [0.1, 0.15) is 12.2 Å². The van der Waals surface area contributed by atoms with Crippen LogP contribution in [0.4, 0.5) is 0 Å². The number of piperidine rings is 2. The summed E-state index contributed by atoms with van der Waals surface area (Å²) in [6.45, 7) is 4.15. The van der Waals surface area contributed by atoms with Crippen LogP contribution < -0.4 is 0 Å². The molecule has 0 spiro atoms. The molecule has 0 aliphatic carbocycles. The highest BCUT2D eigenvalue weighted by Crippen LogP contribution is 2.27. The van der Waals surface area contributed by atoms with Crippen molar-refractivity contribution in [1.29, 1.82) is 0 Å². The number of aryl methyl sites for hydroxylation is 1. The molecule has 9 heteroatoms. The summed E-state index contributed by atoms with van der Waals surface area (Å²) in [6, 6.07) is 4.91. The Kier molecular flexibility index (Phi) is 5.69. The number of H-pyrrole nitrogens is 1. The summed E-state index contributed by atoms with van der Waals surface area (Å²) >= 11 is 0. The number of aromatic amines is 1. The largest absolute Gasteiger partial charge is 0.338 e. The summed E-state index contributed by atoms with van der Waals surface area (Å²) in [7, 11) is -3.57. The predicted molar refractivity (Wildman–Crippen MR) is 108 cm³/mol. The number of benzene rings is 1. The van der Waals surface area contributed by atoms with E-state index in [1.165, 1.54) is 10.6 Å². The van der Waals surface area contributed by atoms with E-state index in [0.717, 1.165) is 43.5 Å². The van der Waals surface area contributed by atoms with Gasteiger partial charge in [-0.05, 0) is 50.3 Å². The minimum absolute atomic E-state index is 0.121. The van der Waals surface area contributed by atoms with Crippen molar-refractivity contribution in [3.05, 3.63) is 41.5 Å². The van der Waals surface area contributed by atoms with Gasteiger partial charge in [-0.2, -0.15) is 9.40 Å². The predicted octanol–water partition coefficient (Wildman–Crippen LogP) is 2.31. The number of rotatable bonds is 4. The molecule has 0 radical (unpaired) electrons. The van der Waals surface area contributed by atoms with Gasteiger partial charge in [-0.3, -0.25) is 9.89 Å². The van der Waals surface area contributed by atoms with E-state index >= 15 is 0 Å². The summed E-state index contributed by atoms with van der Waals surface area (Å²) < 4.78 is 27.6. The van der Waals surface area contributed by atoms with E-state index in [4.69, 9.17) is 0 Å². The van der Waals surface area contributed by atoms with E-state index < -0.39 is 10.0 Å². The van der Waals surface area contributed by atoms with Gasteiger partial charge in [-0.15, -0.1) is 0 Å². The fraction of sp³-hybridized carbons (Fsp3) is 0.550. The van der Waals surface area contributed by atoms with Crippen LogP contribution in [0.3, 0.4) is 0 Å². The smallest absolute Gasteiger partial charge is 0.254 e. The number of sulfonamides is 1. The zero-order valence-corrected chi connectivity index (χ0v) is 17.5. The van der Waals surface area contributed by atoms with Gasteiger partial charge in [0, 0.05) is 37.7 Å². The third kappa shape index (κ3) is 4.06. The minimum atomic E-state index is -3.57. The van der Waals surface area contributed by atoms with Crippen molar-refractivity contribution in [3.63, 3.8) is 0 Å². The first kappa shape index (κ1) is 20.0. The molecule has 29 heavy (non-hydrogen) atoms. The normalized spacial score (nSPS) is 21.3. The Morgan fingerprint density at radius 3 is 2.66 bits per heavy atom. The molecule has 2 aromatic rings. The number of likely N-dealkylation sites (tertiary alicyclic amines) is 1. The van der Waals surface area contributed by atoms with Gasteiger partial charge in [0.05, 0.1) is 4.90 Å². The van der Waals surface area contributed by atoms with Gasteiger partial charge in [0.25, 0.3) is 5.91 Å². The zero-order chi connectivity index (χ0) is 20.4. The monoisotopic (exact) mass is 417 g/mol. The van der Waals surface area contributed by atoms with E-state index in [1.807, 2.05) is 6.92 Å². The lowest BCUT2D eigenvalue weighted by Crippen LogP contribution is -2.40. The first-order valence-electron chi connectivity index (χ1n) is 10.2. The molecule has 0 bridgehead atoms. The molecule has 4 rings (SSSR count). The van der Waals surface area contributed by atoms with Crippen LogP contribution in [0.2, 0.25) is 0 Å². The molecule has 2 aliphatic rings. The van der Waals surface area contributed by atoms with Gasteiger partial charge < -0.3 is 4.90 Å². The number of amides is 1. The SMILES string of the molecule is Cc1ccc(S(=O)(=O)N2CCCCC2)cc1C(=O)N1CCCC(c2ncn[nH]2)C1. The van der Waals surface area contributed by atoms with Crippen LogP contribution in [0.25, 0.3) is 0 Å². The average molecular weight is 418 g/mol. The van der Waals surface area contributed by atoms with Crippen LogP contribution in [0.1, 0.15) is 59.8 Å². The van der Waals surface area contributed by atoms with E-state index in [1.54, 1.807) is 23.1 Å². The second kappa shape index (κ2) is 8.23. The lowest BCUT2D eigenvalue weighted by Gasteiger charge is -2.32. The molecule has 2 fully saturated rings. The third-order valence-corrected chi connectivity index (χ3v) is 7.82. The number of nitrogens with one attached hydrogen (secondary N) is 1. The average Bonchev–Trinajstić information content (AvgIpc) is 3.29. The fourth-order valence-electron chi connectivity index (χ4n) is 4.21. The highest BCUT2D eigenvalue weighted by atomic mass is 32.2. The van der Waals surface area contributed by atoms with E-state index in [0.29, 0.717) is 31.7 Å². The van der Waals surface area contributed by atoms with Crippen molar-refractivity contribution in [3.8, 4) is 0 Å². The molecule has 156 valence electrons. The Balaban J connectivity index is 1.58. The van der Waals surface area contributed by atoms with Gasteiger partial charge in [0.2, 0.25) is 10.0 Å². The Morgan fingerprint density at radius 2 is 1.93 bits per heavy atom. The first-order chi connectivity index (χ1) is 14.0. The summed E-state index contributed by atoms with van der Waals surface area (Å²) in [5, 5.41) is 6.81. The van der Waals surface area contributed by atoms with Gasteiger partial charge in [-0.1, -0.05) is 12.5 Å². The first-order valence-corrected chi connectivity index (χ1v) is 11.7. The van der Waals surface area contributed by atoms with Gasteiger partial charge >= 0.3 is 0 Å². The number of carbonyl (C=O) groups is 1. The van der Waals surface area contributed by atoms with Crippen LogP contribution in [0, 0.1) is 6.92 Å². The Labute approximate surface area is 171 Å². The van der Waals surface area contributed by atoms with Gasteiger partial charge in [0.15, 0.2) is 0 Å². The maximum Gasteiger partial charge on any atom is 0.254 e. The Bertz CT molecular complexity index is 968. The second-order valence-electron chi connectivity index (χ2n) is 7.90. The molecule has 1 aromatic heterocycles. The molecule has 2 saturated heterocycles. The molecular weight excluding hydrogens is 390 g/mol. The summed E-state index contributed by atoms with van der Waals surface area (Å²) in [4.78, 5) is 19.5. The molecule has 0 saturated carbocycles. The molecule has 8 nitrogen and oxygen atoms in total. The quantitative estimate of drug-likeness (QED) is 0.823. The van der Waals surface area contributed by atoms with E-state index in [-0.39, 0.29) is 16.7 Å². The van der Waals surface area contributed by atoms with Gasteiger partial charge in [-0.25, -0.2) is 13.4 Å². The fourth-order valence-corrected chi connectivity index (χ4v) is 5.76. The van der Waals surface area contributed by atoms with Crippen LogP contribution in [0.5, 0.6) is 0 Å². The second-order valence-corrected chi connectivity index (χ2v) is 9.84. The van der Waals surface area contributed by atoms with Crippen molar-refractivity contribution in [1.82, 2.24) is 24.4 Å².